The van der Waals surface area contributed by atoms with E-state index in [9.17, 15) is 18.0 Å². The highest BCUT2D eigenvalue weighted by Gasteiger charge is 2.31. The molecule has 1 heterocycles. The number of hydrogen-bond acceptors (Lipinski definition) is 4. The summed E-state index contributed by atoms with van der Waals surface area (Å²) >= 11 is 0. The van der Waals surface area contributed by atoms with Gasteiger partial charge in [-0.2, -0.15) is 4.31 Å². The average Bonchev–Trinajstić information content (AvgIpc) is 3.19. The Kier molecular flexibility index (Phi) is 7.52. The number of rotatable bonds is 7. The summed E-state index contributed by atoms with van der Waals surface area (Å²) in [6.45, 7) is 4.96. The molecular formula is C22H33N3O4S. The summed E-state index contributed by atoms with van der Waals surface area (Å²) in [6.07, 6.45) is 6.70. The molecule has 1 aromatic carbocycles. The molecule has 2 amide bonds. The number of carbonyl (C=O) groups excluding carboxylic acids is 2. The van der Waals surface area contributed by atoms with Crippen molar-refractivity contribution in [3.63, 3.8) is 0 Å². The van der Waals surface area contributed by atoms with Crippen LogP contribution >= 0.6 is 0 Å². The van der Waals surface area contributed by atoms with Crippen LogP contribution in [0.4, 0.5) is 0 Å². The van der Waals surface area contributed by atoms with E-state index in [4.69, 9.17) is 0 Å². The largest absolute Gasteiger partial charge is 0.349 e. The summed E-state index contributed by atoms with van der Waals surface area (Å²) < 4.78 is 27.5. The molecular weight excluding hydrogens is 402 g/mol. The molecule has 7 nitrogen and oxygen atoms in total. The molecule has 8 heteroatoms. The van der Waals surface area contributed by atoms with Crippen molar-refractivity contribution >= 4 is 21.8 Å². The Morgan fingerprint density at radius 1 is 1.13 bits per heavy atom. The minimum Gasteiger partial charge on any atom is -0.349 e. The summed E-state index contributed by atoms with van der Waals surface area (Å²) in [5, 5.41) is 3.14. The van der Waals surface area contributed by atoms with Crippen LogP contribution in [0, 0.1) is 5.92 Å². The van der Waals surface area contributed by atoms with Crippen LogP contribution in [0.2, 0.25) is 0 Å². The molecule has 2 aliphatic rings. The van der Waals surface area contributed by atoms with Crippen molar-refractivity contribution in [2.75, 3.05) is 26.2 Å². The van der Waals surface area contributed by atoms with Crippen LogP contribution in [-0.4, -0.2) is 61.7 Å². The molecule has 1 aliphatic carbocycles. The highest BCUT2D eigenvalue weighted by atomic mass is 32.2. The molecule has 2 fully saturated rings. The van der Waals surface area contributed by atoms with Gasteiger partial charge in [0, 0.05) is 44.7 Å². The second-order valence-electron chi connectivity index (χ2n) is 8.35. The quantitative estimate of drug-likeness (QED) is 0.713. The summed E-state index contributed by atoms with van der Waals surface area (Å²) in [6, 6.07) is 6.46. The number of nitrogens with zero attached hydrogens (tertiary/aromatic N) is 2. The molecule has 166 valence electrons. The number of piperazine rings is 1. The third kappa shape index (κ3) is 5.21. The lowest BCUT2D eigenvalue weighted by molar-refractivity contribution is -0.129. The lowest BCUT2D eigenvalue weighted by Crippen LogP contribution is -2.49. The molecule has 0 bridgehead atoms. The molecule has 0 radical (unpaired) electrons. The zero-order valence-electron chi connectivity index (χ0n) is 18.0. The standard InChI is InChI=1S/C22H33N3O4S/c1-3-4-7-18-8-6-11-21(18)23-22(27)19-9-5-10-20(16-19)30(28,29)25-14-12-24(13-15-25)17(2)26/h5,9-10,16,18,21H,3-4,6-8,11-15H2,1-2H3,(H,23,27). The minimum absolute atomic E-state index is 0.0464. The summed E-state index contributed by atoms with van der Waals surface area (Å²) in [5.41, 5.74) is 0.375. The molecule has 0 aromatic heterocycles. The van der Waals surface area contributed by atoms with E-state index in [0.29, 0.717) is 24.6 Å². The van der Waals surface area contributed by atoms with Crippen LogP contribution in [0.3, 0.4) is 0 Å². The molecule has 3 rings (SSSR count). The normalized spacial score (nSPS) is 22.8. The monoisotopic (exact) mass is 435 g/mol. The molecule has 1 aromatic rings. The molecule has 1 aliphatic heterocycles. The van der Waals surface area contributed by atoms with Crippen molar-refractivity contribution in [1.29, 1.82) is 0 Å². The van der Waals surface area contributed by atoms with Gasteiger partial charge in [0.25, 0.3) is 5.91 Å². The maximum atomic E-state index is 13.0. The fourth-order valence-electron chi connectivity index (χ4n) is 4.48. The first-order valence-electron chi connectivity index (χ1n) is 11.0. The van der Waals surface area contributed by atoms with E-state index < -0.39 is 10.0 Å². The van der Waals surface area contributed by atoms with E-state index in [2.05, 4.69) is 12.2 Å². The van der Waals surface area contributed by atoms with Crippen molar-refractivity contribution in [2.45, 2.75) is 63.3 Å². The molecule has 0 spiro atoms. The maximum Gasteiger partial charge on any atom is 0.251 e. The van der Waals surface area contributed by atoms with Gasteiger partial charge in [-0.25, -0.2) is 8.42 Å². The SMILES string of the molecule is CCCCC1CCCC1NC(=O)c1cccc(S(=O)(=O)N2CCN(C(C)=O)CC2)c1. The maximum absolute atomic E-state index is 13.0. The lowest BCUT2D eigenvalue weighted by Gasteiger charge is -2.33. The smallest absolute Gasteiger partial charge is 0.251 e. The Hall–Kier alpha value is -1.93. The van der Waals surface area contributed by atoms with Crippen molar-refractivity contribution < 1.29 is 18.0 Å². The van der Waals surface area contributed by atoms with Gasteiger partial charge in [0.15, 0.2) is 0 Å². The van der Waals surface area contributed by atoms with E-state index in [-0.39, 0.29) is 35.8 Å². The van der Waals surface area contributed by atoms with Gasteiger partial charge in [0.2, 0.25) is 15.9 Å². The Balaban J connectivity index is 1.68. The molecule has 1 saturated carbocycles. The van der Waals surface area contributed by atoms with Crippen molar-refractivity contribution in [3.8, 4) is 0 Å². The number of carbonyl (C=O) groups is 2. The summed E-state index contributed by atoms with van der Waals surface area (Å²) in [7, 11) is -3.70. The predicted octanol–water partition coefficient (Wildman–Crippen LogP) is 2.63. The second-order valence-corrected chi connectivity index (χ2v) is 10.3. The second kappa shape index (κ2) is 9.92. The van der Waals surface area contributed by atoms with Gasteiger partial charge < -0.3 is 10.2 Å². The van der Waals surface area contributed by atoms with Crippen molar-refractivity contribution in [1.82, 2.24) is 14.5 Å². The van der Waals surface area contributed by atoms with Crippen LogP contribution in [0.15, 0.2) is 29.2 Å². The minimum atomic E-state index is -3.70. The van der Waals surface area contributed by atoms with Crippen LogP contribution in [0.25, 0.3) is 0 Å². The van der Waals surface area contributed by atoms with Crippen molar-refractivity contribution in [2.24, 2.45) is 5.92 Å². The first kappa shape index (κ1) is 22.7. The fourth-order valence-corrected chi connectivity index (χ4v) is 5.95. The predicted molar refractivity (Wildman–Crippen MR) is 116 cm³/mol. The Labute approximate surface area is 179 Å². The number of amides is 2. The van der Waals surface area contributed by atoms with Gasteiger partial charge in [-0.3, -0.25) is 9.59 Å². The van der Waals surface area contributed by atoms with Gasteiger partial charge in [0.05, 0.1) is 4.90 Å². The third-order valence-corrected chi connectivity index (χ3v) is 8.22. The first-order valence-corrected chi connectivity index (χ1v) is 12.4. The van der Waals surface area contributed by atoms with Crippen LogP contribution in [0.1, 0.15) is 62.7 Å². The zero-order valence-corrected chi connectivity index (χ0v) is 18.8. The van der Waals surface area contributed by atoms with Gasteiger partial charge in [-0.15, -0.1) is 0 Å². The zero-order chi connectivity index (χ0) is 21.7. The molecule has 30 heavy (non-hydrogen) atoms. The number of sulfonamides is 1. The number of unbranched alkanes of at least 4 members (excludes halogenated alkanes) is 1. The van der Waals surface area contributed by atoms with E-state index in [1.54, 1.807) is 17.0 Å². The van der Waals surface area contributed by atoms with Gasteiger partial charge in [-0.1, -0.05) is 32.3 Å². The number of nitrogens with one attached hydrogen (secondary N) is 1. The van der Waals surface area contributed by atoms with E-state index in [1.165, 1.54) is 29.8 Å². The fraction of sp³-hybridized carbons (Fsp3) is 0.636. The van der Waals surface area contributed by atoms with Crippen LogP contribution < -0.4 is 5.32 Å². The molecule has 2 atom stereocenters. The molecule has 1 saturated heterocycles. The van der Waals surface area contributed by atoms with E-state index in [1.807, 2.05) is 0 Å². The summed E-state index contributed by atoms with van der Waals surface area (Å²) in [5.74, 6) is 0.259. The van der Waals surface area contributed by atoms with E-state index >= 15 is 0 Å². The molecule has 1 N–H and O–H groups in total. The van der Waals surface area contributed by atoms with Gasteiger partial charge >= 0.3 is 0 Å². The Morgan fingerprint density at radius 2 is 1.87 bits per heavy atom. The molecule has 2 unspecified atom stereocenters. The summed E-state index contributed by atoms with van der Waals surface area (Å²) in [4.78, 5) is 26.1. The van der Waals surface area contributed by atoms with E-state index in [0.717, 1.165) is 32.1 Å². The topological polar surface area (TPSA) is 86.8 Å². The average molecular weight is 436 g/mol. The van der Waals surface area contributed by atoms with Crippen LogP contribution in [0.5, 0.6) is 0 Å². The Morgan fingerprint density at radius 3 is 2.53 bits per heavy atom. The highest BCUT2D eigenvalue weighted by molar-refractivity contribution is 7.89. The first-order chi connectivity index (χ1) is 14.3. The van der Waals surface area contributed by atoms with Crippen molar-refractivity contribution in [3.05, 3.63) is 29.8 Å². The highest BCUT2D eigenvalue weighted by Crippen LogP contribution is 2.30. The number of hydrogen-bond donors (Lipinski definition) is 1. The van der Waals surface area contributed by atoms with Crippen LogP contribution in [-0.2, 0) is 14.8 Å². The Bertz CT molecular complexity index is 863. The van der Waals surface area contributed by atoms with Gasteiger partial charge in [-0.05, 0) is 43.4 Å². The third-order valence-electron chi connectivity index (χ3n) is 6.32. The lowest BCUT2D eigenvalue weighted by atomic mass is 9.96. The van der Waals surface area contributed by atoms with Gasteiger partial charge in [0.1, 0.15) is 0 Å². The number of benzene rings is 1.